The third kappa shape index (κ3) is 5.91. The Hall–Kier alpha value is -2.20. The summed E-state index contributed by atoms with van der Waals surface area (Å²) < 4.78 is 63.6. The summed E-state index contributed by atoms with van der Waals surface area (Å²) in [6.45, 7) is 2.55. The number of pyridine rings is 1. The maximum atomic E-state index is 12.9. The molecule has 2 heterocycles. The van der Waals surface area contributed by atoms with Gasteiger partial charge in [-0.2, -0.15) is 22.0 Å². The van der Waals surface area contributed by atoms with Gasteiger partial charge in [0.1, 0.15) is 5.03 Å². The van der Waals surface area contributed by atoms with Crippen LogP contribution in [0.15, 0.2) is 47.6 Å². The van der Waals surface area contributed by atoms with Gasteiger partial charge in [0.15, 0.2) is 0 Å². The van der Waals surface area contributed by atoms with Crippen LogP contribution in [0.4, 0.5) is 22.0 Å². The molecule has 1 aromatic carbocycles. The van der Waals surface area contributed by atoms with E-state index in [1.54, 1.807) is 4.90 Å². The van der Waals surface area contributed by atoms with Crippen LogP contribution in [-0.4, -0.2) is 52.6 Å². The van der Waals surface area contributed by atoms with Crippen LogP contribution in [0.5, 0.6) is 0 Å². The van der Waals surface area contributed by atoms with E-state index >= 15 is 0 Å². The molecule has 1 saturated heterocycles. The molecule has 0 radical (unpaired) electrons. The van der Waals surface area contributed by atoms with Crippen LogP contribution in [-0.2, 0) is 12.7 Å². The molecule has 3 rings (SSSR count). The lowest BCUT2D eigenvalue weighted by Gasteiger charge is -2.23. The zero-order valence-electron chi connectivity index (χ0n) is 15.9. The van der Waals surface area contributed by atoms with Crippen molar-refractivity contribution in [2.24, 2.45) is 0 Å². The Kier molecular flexibility index (Phi) is 7.30. The van der Waals surface area contributed by atoms with Crippen LogP contribution in [0, 0.1) is 0 Å². The number of benzene rings is 1. The first-order chi connectivity index (χ1) is 14.2. The predicted molar refractivity (Wildman–Crippen MR) is 103 cm³/mol. The van der Waals surface area contributed by atoms with Gasteiger partial charge in [0.05, 0.1) is 11.1 Å². The predicted octanol–water partition coefficient (Wildman–Crippen LogP) is 4.76. The van der Waals surface area contributed by atoms with Gasteiger partial charge in [-0.25, -0.2) is 4.98 Å². The molecule has 0 unspecified atom stereocenters. The molecule has 30 heavy (non-hydrogen) atoms. The first-order valence-electron chi connectivity index (χ1n) is 9.31. The highest BCUT2D eigenvalue weighted by Crippen LogP contribution is 2.29. The van der Waals surface area contributed by atoms with E-state index in [0.717, 1.165) is 17.7 Å². The maximum Gasteiger partial charge on any atom is 0.416 e. The smallest absolute Gasteiger partial charge is 0.337 e. The Balaban J connectivity index is 1.62. The van der Waals surface area contributed by atoms with Gasteiger partial charge < -0.3 is 4.90 Å². The number of nitrogens with zero attached hydrogens (tertiary/aromatic N) is 3. The lowest BCUT2D eigenvalue weighted by molar-refractivity contribution is -0.137. The molecule has 1 aromatic heterocycles. The maximum absolute atomic E-state index is 12.9. The summed E-state index contributed by atoms with van der Waals surface area (Å²) in [6, 6.07) is 8.07. The zero-order chi connectivity index (χ0) is 21.7. The molecule has 1 aliphatic rings. The number of hydrogen-bond acceptors (Lipinski definition) is 4. The first kappa shape index (κ1) is 22.5. The van der Waals surface area contributed by atoms with E-state index in [0.29, 0.717) is 39.1 Å². The van der Waals surface area contributed by atoms with Gasteiger partial charge >= 0.3 is 6.18 Å². The van der Waals surface area contributed by atoms with Gasteiger partial charge in [0.25, 0.3) is 11.7 Å². The van der Waals surface area contributed by atoms with E-state index in [9.17, 15) is 26.7 Å². The molecule has 0 N–H and O–H groups in total. The normalized spacial score (nSPS) is 16.0. The lowest BCUT2D eigenvalue weighted by atomic mass is 10.1. The van der Waals surface area contributed by atoms with Crippen LogP contribution in [0.2, 0.25) is 0 Å². The highest BCUT2D eigenvalue weighted by molar-refractivity contribution is 7.99. The SMILES string of the molecule is O=C(c1cccnc1SC(F)F)N1CCCN(Cc2ccc(C(F)(F)F)cc2)CC1. The van der Waals surface area contributed by atoms with E-state index in [4.69, 9.17) is 0 Å². The molecule has 0 atom stereocenters. The van der Waals surface area contributed by atoms with Gasteiger partial charge in [-0.05, 0) is 48.0 Å². The van der Waals surface area contributed by atoms with Crippen LogP contribution in [0.1, 0.15) is 27.9 Å². The van der Waals surface area contributed by atoms with E-state index in [1.165, 1.54) is 30.5 Å². The van der Waals surface area contributed by atoms with Crippen molar-refractivity contribution in [3.8, 4) is 0 Å². The number of hydrogen-bond donors (Lipinski definition) is 0. The molecule has 162 valence electrons. The van der Waals surface area contributed by atoms with Crippen molar-refractivity contribution in [3.05, 3.63) is 59.3 Å². The molecule has 4 nitrogen and oxygen atoms in total. The van der Waals surface area contributed by atoms with Crippen LogP contribution in [0.25, 0.3) is 0 Å². The summed E-state index contributed by atoms with van der Waals surface area (Å²) in [6.07, 6.45) is -2.32. The van der Waals surface area contributed by atoms with E-state index < -0.39 is 17.5 Å². The van der Waals surface area contributed by atoms with E-state index in [-0.39, 0.29) is 28.3 Å². The molecule has 1 aliphatic heterocycles. The minimum Gasteiger partial charge on any atom is -0.337 e. The first-order valence-corrected chi connectivity index (χ1v) is 10.2. The number of aromatic nitrogens is 1. The molecule has 0 aliphatic carbocycles. The molecule has 1 amide bonds. The molecular weight excluding hydrogens is 425 g/mol. The molecule has 0 bridgehead atoms. The monoisotopic (exact) mass is 445 g/mol. The minimum absolute atomic E-state index is 0.00311. The summed E-state index contributed by atoms with van der Waals surface area (Å²) in [4.78, 5) is 20.4. The molecule has 0 spiro atoms. The van der Waals surface area contributed by atoms with Gasteiger partial charge in [-0.15, -0.1) is 0 Å². The highest BCUT2D eigenvalue weighted by atomic mass is 32.2. The second kappa shape index (κ2) is 9.74. The van der Waals surface area contributed by atoms with Gasteiger partial charge in [0.2, 0.25) is 0 Å². The molecule has 0 saturated carbocycles. The Morgan fingerprint density at radius 2 is 1.80 bits per heavy atom. The van der Waals surface area contributed by atoms with Gasteiger partial charge in [-0.3, -0.25) is 9.69 Å². The number of amides is 1. The van der Waals surface area contributed by atoms with E-state index in [1.807, 2.05) is 0 Å². The Bertz CT molecular complexity index is 860. The Morgan fingerprint density at radius 1 is 1.07 bits per heavy atom. The van der Waals surface area contributed by atoms with Crippen LogP contribution in [0.3, 0.4) is 0 Å². The summed E-state index contributed by atoms with van der Waals surface area (Å²) in [5, 5.41) is 0.00311. The van der Waals surface area contributed by atoms with Gasteiger partial charge in [0, 0.05) is 38.9 Å². The van der Waals surface area contributed by atoms with Crippen molar-refractivity contribution in [3.63, 3.8) is 0 Å². The number of carbonyl (C=O) groups excluding carboxylic acids is 1. The van der Waals surface area contributed by atoms with Gasteiger partial charge in [-0.1, -0.05) is 12.1 Å². The Labute approximate surface area is 175 Å². The third-order valence-corrected chi connectivity index (χ3v) is 5.49. The number of alkyl halides is 5. The van der Waals surface area contributed by atoms with Crippen molar-refractivity contribution < 1.29 is 26.7 Å². The third-order valence-electron chi connectivity index (χ3n) is 4.77. The van der Waals surface area contributed by atoms with Crippen molar-refractivity contribution >= 4 is 17.7 Å². The molecule has 2 aromatic rings. The summed E-state index contributed by atoms with van der Waals surface area (Å²) >= 11 is 0.245. The van der Waals surface area contributed by atoms with Crippen molar-refractivity contribution in [2.75, 3.05) is 26.2 Å². The number of halogens is 5. The second-order valence-electron chi connectivity index (χ2n) is 6.85. The summed E-state index contributed by atoms with van der Waals surface area (Å²) in [5.41, 5.74) is 0.220. The zero-order valence-corrected chi connectivity index (χ0v) is 16.7. The fourth-order valence-corrected chi connectivity index (χ4v) is 3.86. The summed E-state index contributed by atoms with van der Waals surface area (Å²) in [5.74, 6) is -3.02. The topological polar surface area (TPSA) is 36.4 Å². The lowest BCUT2D eigenvalue weighted by Crippen LogP contribution is -2.35. The van der Waals surface area contributed by atoms with Crippen molar-refractivity contribution in [1.29, 1.82) is 0 Å². The average Bonchev–Trinajstić information content (AvgIpc) is 2.93. The highest BCUT2D eigenvalue weighted by Gasteiger charge is 2.30. The molecule has 1 fully saturated rings. The van der Waals surface area contributed by atoms with E-state index in [2.05, 4.69) is 9.88 Å². The number of carbonyl (C=O) groups is 1. The minimum atomic E-state index is -4.37. The average molecular weight is 445 g/mol. The largest absolute Gasteiger partial charge is 0.416 e. The fraction of sp³-hybridized carbons (Fsp3) is 0.400. The standard InChI is InChI=1S/C20H20F5N3OS/c21-19(22)30-17-16(3-1-8-26-17)18(29)28-10-2-9-27(11-12-28)13-14-4-6-15(7-5-14)20(23,24)25/h1,3-8,19H,2,9-13H2. The molecular formula is C20H20F5N3OS. The fourth-order valence-electron chi connectivity index (χ4n) is 3.29. The quantitative estimate of drug-likeness (QED) is 0.491. The summed E-state index contributed by atoms with van der Waals surface area (Å²) in [7, 11) is 0. The number of rotatable bonds is 5. The van der Waals surface area contributed by atoms with Crippen LogP contribution < -0.4 is 0 Å². The van der Waals surface area contributed by atoms with Crippen molar-refractivity contribution in [1.82, 2.24) is 14.8 Å². The van der Waals surface area contributed by atoms with Crippen LogP contribution >= 0.6 is 11.8 Å². The number of thioether (sulfide) groups is 1. The Morgan fingerprint density at radius 3 is 2.47 bits per heavy atom. The second-order valence-corrected chi connectivity index (χ2v) is 7.83. The molecule has 10 heteroatoms. The van der Waals surface area contributed by atoms with Crippen molar-refractivity contribution in [2.45, 2.75) is 29.9 Å².